The molecule has 136 valence electrons. The van der Waals surface area contributed by atoms with Crippen LogP contribution in [0.2, 0.25) is 0 Å². The zero-order valence-corrected chi connectivity index (χ0v) is 15.4. The topological polar surface area (TPSA) is 80.0 Å². The minimum absolute atomic E-state index is 0.187. The second-order valence-corrected chi connectivity index (χ2v) is 6.79. The lowest BCUT2D eigenvalue weighted by molar-refractivity contribution is -0.156. The number of hydrogen-bond donors (Lipinski definition) is 1. The van der Waals surface area contributed by atoms with E-state index in [1.807, 2.05) is 45.0 Å². The van der Waals surface area contributed by atoms with Crippen molar-refractivity contribution in [3.05, 3.63) is 29.8 Å². The molecule has 0 aliphatic heterocycles. The van der Waals surface area contributed by atoms with Crippen molar-refractivity contribution in [3.63, 3.8) is 0 Å². The second kappa shape index (κ2) is 8.46. The average molecular weight is 339 g/mol. The number of methoxy groups -OCH3 is 3. The van der Waals surface area contributed by atoms with Gasteiger partial charge in [-0.05, 0) is 38.5 Å². The standard InChI is InChI=1S/C18H29NO5/c1-17(2,3)24-14-9-7-13(8-10-14)11-18(19,16(20)23-6)12-15(21-4)22-5/h7-10,15H,11-12,19H2,1-6H3. The molecule has 0 radical (unpaired) electrons. The molecule has 6 nitrogen and oxygen atoms in total. The highest BCUT2D eigenvalue weighted by Crippen LogP contribution is 2.23. The van der Waals surface area contributed by atoms with Crippen LogP contribution in [0, 0.1) is 0 Å². The number of ether oxygens (including phenoxy) is 4. The van der Waals surface area contributed by atoms with Gasteiger partial charge in [0.2, 0.25) is 0 Å². The smallest absolute Gasteiger partial charge is 0.326 e. The highest BCUT2D eigenvalue weighted by atomic mass is 16.7. The summed E-state index contributed by atoms with van der Waals surface area (Å²) in [5.74, 6) is 0.259. The molecule has 0 bridgehead atoms. The van der Waals surface area contributed by atoms with Crippen molar-refractivity contribution < 1.29 is 23.7 Å². The molecule has 6 heteroatoms. The fourth-order valence-electron chi connectivity index (χ4n) is 2.38. The fourth-order valence-corrected chi connectivity index (χ4v) is 2.38. The lowest BCUT2D eigenvalue weighted by atomic mass is 9.88. The first kappa shape index (κ1) is 20.4. The summed E-state index contributed by atoms with van der Waals surface area (Å²) in [6, 6.07) is 7.51. The van der Waals surface area contributed by atoms with Crippen molar-refractivity contribution in [2.45, 2.75) is 51.0 Å². The van der Waals surface area contributed by atoms with Crippen LogP contribution in [0.5, 0.6) is 5.75 Å². The molecule has 0 saturated heterocycles. The Morgan fingerprint density at radius 1 is 1.08 bits per heavy atom. The van der Waals surface area contributed by atoms with E-state index >= 15 is 0 Å². The summed E-state index contributed by atoms with van der Waals surface area (Å²) in [6.45, 7) is 5.95. The van der Waals surface area contributed by atoms with E-state index in [9.17, 15) is 4.79 Å². The summed E-state index contributed by atoms with van der Waals surface area (Å²) in [4.78, 5) is 12.2. The van der Waals surface area contributed by atoms with Gasteiger partial charge in [-0.2, -0.15) is 0 Å². The molecule has 1 aromatic rings. The van der Waals surface area contributed by atoms with E-state index in [1.165, 1.54) is 21.3 Å². The van der Waals surface area contributed by atoms with Crippen molar-refractivity contribution in [1.82, 2.24) is 0 Å². The van der Waals surface area contributed by atoms with Crippen LogP contribution < -0.4 is 10.5 Å². The number of carbonyl (C=O) groups excluding carboxylic acids is 1. The molecule has 1 unspecified atom stereocenters. The monoisotopic (exact) mass is 339 g/mol. The van der Waals surface area contributed by atoms with Gasteiger partial charge >= 0.3 is 5.97 Å². The van der Waals surface area contributed by atoms with E-state index in [4.69, 9.17) is 24.7 Å². The maximum absolute atomic E-state index is 12.2. The van der Waals surface area contributed by atoms with Crippen LogP contribution in [-0.2, 0) is 25.4 Å². The van der Waals surface area contributed by atoms with E-state index in [-0.39, 0.29) is 12.0 Å². The molecule has 0 aliphatic carbocycles. The lowest BCUT2D eigenvalue weighted by Crippen LogP contribution is -2.53. The molecule has 2 N–H and O–H groups in total. The molecule has 0 fully saturated rings. The van der Waals surface area contributed by atoms with Gasteiger partial charge in [-0.3, -0.25) is 4.79 Å². The normalized spacial score (nSPS) is 14.3. The van der Waals surface area contributed by atoms with Crippen LogP contribution >= 0.6 is 0 Å². The summed E-state index contributed by atoms with van der Waals surface area (Å²) < 4.78 is 21.0. The zero-order chi connectivity index (χ0) is 18.4. The Bertz CT molecular complexity index is 519. The number of esters is 1. The Morgan fingerprint density at radius 3 is 2.04 bits per heavy atom. The number of hydrogen-bond acceptors (Lipinski definition) is 6. The Morgan fingerprint density at radius 2 is 1.62 bits per heavy atom. The summed E-state index contributed by atoms with van der Waals surface area (Å²) in [5.41, 5.74) is 5.70. The molecule has 0 saturated carbocycles. The lowest BCUT2D eigenvalue weighted by Gasteiger charge is -2.29. The van der Waals surface area contributed by atoms with Crippen LogP contribution in [0.15, 0.2) is 24.3 Å². The van der Waals surface area contributed by atoms with E-state index in [0.717, 1.165) is 11.3 Å². The first-order chi connectivity index (χ1) is 11.1. The first-order valence-electron chi connectivity index (χ1n) is 7.84. The molecular weight excluding hydrogens is 310 g/mol. The Kier molecular flexibility index (Phi) is 7.20. The van der Waals surface area contributed by atoms with Crippen LogP contribution in [0.25, 0.3) is 0 Å². The highest BCUT2D eigenvalue weighted by Gasteiger charge is 2.38. The molecule has 0 spiro atoms. The summed E-state index contributed by atoms with van der Waals surface area (Å²) >= 11 is 0. The van der Waals surface area contributed by atoms with Gasteiger partial charge < -0.3 is 24.7 Å². The van der Waals surface area contributed by atoms with Gasteiger partial charge in [0.05, 0.1) is 7.11 Å². The third kappa shape index (κ3) is 6.11. The van der Waals surface area contributed by atoms with Crippen LogP contribution in [0.1, 0.15) is 32.8 Å². The molecule has 0 heterocycles. The van der Waals surface area contributed by atoms with E-state index in [2.05, 4.69) is 0 Å². The van der Waals surface area contributed by atoms with Crippen molar-refractivity contribution >= 4 is 5.97 Å². The number of carbonyl (C=O) groups is 1. The van der Waals surface area contributed by atoms with Gasteiger partial charge in [0.25, 0.3) is 0 Å². The predicted molar refractivity (Wildman–Crippen MR) is 91.9 cm³/mol. The Labute approximate surface area is 144 Å². The maximum atomic E-state index is 12.2. The maximum Gasteiger partial charge on any atom is 0.326 e. The van der Waals surface area contributed by atoms with Gasteiger partial charge in [0.1, 0.15) is 16.9 Å². The van der Waals surface area contributed by atoms with Crippen LogP contribution in [-0.4, -0.2) is 44.7 Å². The molecule has 1 rings (SSSR count). The van der Waals surface area contributed by atoms with Crippen LogP contribution in [0.3, 0.4) is 0 Å². The predicted octanol–water partition coefficient (Wildman–Crippen LogP) is 2.29. The van der Waals surface area contributed by atoms with E-state index in [1.54, 1.807) is 0 Å². The molecule has 1 atom stereocenters. The van der Waals surface area contributed by atoms with Gasteiger partial charge in [0, 0.05) is 27.1 Å². The molecule has 24 heavy (non-hydrogen) atoms. The molecule has 0 aromatic heterocycles. The molecular formula is C18H29NO5. The van der Waals surface area contributed by atoms with Crippen molar-refractivity contribution in [3.8, 4) is 5.75 Å². The first-order valence-corrected chi connectivity index (χ1v) is 7.84. The van der Waals surface area contributed by atoms with Gasteiger partial charge in [-0.1, -0.05) is 12.1 Å². The quantitative estimate of drug-likeness (QED) is 0.578. The third-order valence-corrected chi connectivity index (χ3v) is 3.52. The van der Waals surface area contributed by atoms with Crippen molar-refractivity contribution in [2.75, 3.05) is 21.3 Å². The van der Waals surface area contributed by atoms with Gasteiger partial charge in [-0.25, -0.2) is 0 Å². The van der Waals surface area contributed by atoms with E-state index < -0.39 is 17.8 Å². The second-order valence-electron chi connectivity index (χ2n) is 6.79. The third-order valence-electron chi connectivity index (χ3n) is 3.52. The largest absolute Gasteiger partial charge is 0.488 e. The van der Waals surface area contributed by atoms with Gasteiger partial charge in [0.15, 0.2) is 6.29 Å². The average Bonchev–Trinajstić information content (AvgIpc) is 2.52. The van der Waals surface area contributed by atoms with Crippen molar-refractivity contribution in [1.29, 1.82) is 0 Å². The zero-order valence-electron chi connectivity index (χ0n) is 15.4. The SMILES string of the molecule is COC(=O)C(N)(Cc1ccc(OC(C)(C)C)cc1)CC(OC)OC. The van der Waals surface area contributed by atoms with Crippen molar-refractivity contribution in [2.24, 2.45) is 5.73 Å². The molecule has 0 aliphatic rings. The summed E-state index contributed by atoms with van der Waals surface area (Å²) in [5, 5.41) is 0. The highest BCUT2D eigenvalue weighted by molar-refractivity contribution is 5.81. The summed E-state index contributed by atoms with van der Waals surface area (Å²) in [7, 11) is 4.33. The Balaban J connectivity index is 2.92. The molecule has 1 aromatic carbocycles. The van der Waals surface area contributed by atoms with E-state index in [0.29, 0.717) is 6.42 Å². The number of benzene rings is 1. The fraction of sp³-hybridized carbons (Fsp3) is 0.611. The molecule has 0 amide bonds. The van der Waals surface area contributed by atoms with Crippen LogP contribution in [0.4, 0.5) is 0 Å². The summed E-state index contributed by atoms with van der Waals surface area (Å²) in [6.07, 6.45) is -0.0939. The Hall–Kier alpha value is -1.63. The number of rotatable bonds is 8. The minimum Gasteiger partial charge on any atom is -0.488 e. The minimum atomic E-state index is -1.24. The number of nitrogens with two attached hydrogens (primary N) is 1. The van der Waals surface area contributed by atoms with Gasteiger partial charge in [-0.15, -0.1) is 0 Å².